The highest BCUT2D eigenvalue weighted by molar-refractivity contribution is 5.58. The number of nitrogens with zero attached hydrogens (tertiary/aromatic N) is 2. The summed E-state index contributed by atoms with van der Waals surface area (Å²) in [6.45, 7) is 3.94. The molecular weight excluding hydrogens is 318 g/mol. The van der Waals surface area contributed by atoms with Crippen LogP contribution < -0.4 is 11.1 Å². The number of non-ortho nitro benzene ring substituents is 1. The zero-order valence-electron chi connectivity index (χ0n) is 13.3. The minimum atomic E-state index is -0.548. The lowest BCUT2D eigenvalue weighted by Gasteiger charge is -2.15. The number of benzene rings is 2. The number of nitro benzene ring substituents is 1. The fourth-order valence-electron chi connectivity index (χ4n) is 2.35. The predicted molar refractivity (Wildman–Crippen MR) is 96.8 cm³/mol. The van der Waals surface area contributed by atoms with Crippen molar-refractivity contribution in [2.75, 3.05) is 5.32 Å². The molecule has 0 aliphatic carbocycles. The van der Waals surface area contributed by atoms with Gasteiger partial charge in [0.25, 0.3) is 5.69 Å². The molecule has 7 nitrogen and oxygen atoms in total. The zero-order chi connectivity index (χ0) is 17.8. The molecule has 1 aromatic heterocycles. The number of aromatic amines is 1. The summed E-state index contributed by atoms with van der Waals surface area (Å²) < 4.78 is 0. The van der Waals surface area contributed by atoms with Crippen molar-refractivity contribution in [2.24, 2.45) is 5.73 Å². The molecule has 0 aliphatic heterocycles. The average molecular weight is 335 g/mol. The second-order valence-electron chi connectivity index (χ2n) is 5.48. The van der Waals surface area contributed by atoms with Crippen molar-refractivity contribution in [1.82, 2.24) is 9.97 Å². The van der Waals surface area contributed by atoms with Crippen molar-refractivity contribution < 1.29 is 4.92 Å². The number of nitrogens with one attached hydrogen (secondary N) is 2. The SMILES string of the molecule is C=C(Nc1ccc([N+](=O)[O-])cc1)C(N)c1ncc(-c2ccccc2)[nH]1. The van der Waals surface area contributed by atoms with Gasteiger partial charge in [-0.05, 0) is 17.7 Å². The summed E-state index contributed by atoms with van der Waals surface area (Å²) in [5.74, 6) is 0.582. The van der Waals surface area contributed by atoms with E-state index in [1.807, 2.05) is 30.3 Å². The van der Waals surface area contributed by atoms with E-state index in [1.165, 1.54) is 12.1 Å². The van der Waals surface area contributed by atoms with Gasteiger partial charge in [0.15, 0.2) is 0 Å². The predicted octanol–water partition coefficient (Wildman–Crippen LogP) is 3.61. The van der Waals surface area contributed by atoms with Crippen molar-refractivity contribution in [1.29, 1.82) is 0 Å². The van der Waals surface area contributed by atoms with Gasteiger partial charge in [-0.15, -0.1) is 0 Å². The summed E-state index contributed by atoms with van der Waals surface area (Å²) in [5, 5.41) is 13.7. The van der Waals surface area contributed by atoms with Gasteiger partial charge >= 0.3 is 0 Å². The monoisotopic (exact) mass is 335 g/mol. The molecule has 1 heterocycles. The Morgan fingerprint density at radius 3 is 2.52 bits per heavy atom. The fourth-order valence-corrected chi connectivity index (χ4v) is 2.35. The molecule has 0 aliphatic rings. The molecule has 0 saturated carbocycles. The largest absolute Gasteiger partial charge is 0.358 e. The van der Waals surface area contributed by atoms with Gasteiger partial charge in [0.2, 0.25) is 0 Å². The third-order valence-corrected chi connectivity index (χ3v) is 3.73. The van der Waals surface area contributed by atoms with Crippen LogP contribution in [0.4, 0.5) is 11.4 Å². The quantitative estimate of drug-likeness (QED) is 0.471. The third kappa shape index (κ3) is 3.73. The highest BCUT2D eigenvalue weighted by atomic mass is 16.6. The summed E-state index contributed by atoms with van der Waals surface area (Å²) in [6.07, 6.45) is 1.73. The number of imidazole rings is 1. The Morgan fingerprint density at radius 1 is 1.20 bits per heavy atom. The van der Waals surface area contributed by atoms with Gasteiger partial charge < -0.3 is 16.0 Å². The molecule has 0 amide bonds. The Kier molecular flexibility index (Phi) is 4.58. The molecule has 0 fully saturated rings. The Morgan fingerprint density at radius 2 is 1.88 bits per heavy atom. The van der Waals surface area contributed by atoms with Gasteiger partial charge in [-0.3, -0.25) is 10.1 Å². The number of hydrogen-bond donors (Lipinski definition) is 3. The van der Waals surface area contributed by atoms with E-state index in [0.29, 0.717) is 17.2 Å². The number of aromatic nitrogens is 2. The van der Waals surface area contributed by atoms with Crippen LogP contribution in [0.25, 0.3) is 11.3 Å². The van der Waals surface area contributed by atoms with Gasteiger partial charge in [-0.2, -0.15) is 0 Å². The van der Waals surface area contributed by atoms with E-state index >= 15 is 0 Å². The summed E-state index contributed by atoms with van der Waals surface area (Å²) in [4.78, 5) is 17.8. The van der Waals surface area contributed by atoms with Crippen molar-refractivity contribution in [3.8, 4) is 11.3 Å². The van der Waals surface area contributed by atoms with Crippen LogP contribution in [0.5, 0.6) is 0 Å². The first kappa shape index (κ1) is 16.4. The molecule has 126 valence electrons. The second-order valence-corrected chi connectivity index (χ2v) is 5.48. The van der Waals surface area contributed by atoms with Crippen LogP contribution in [-0.2, 0) is 0 Å². The van der Waals surface area contributed by atoms with Crippen LogP contribution in [0.1, 0.15) is 11.9 Å². The Hall–Kier alpha value is -3.45. The molecule has 2 aromatic carbocycles. The number of anilines is 1. The molecule has 3 rings (SSSR count). The molecule has 0 radical (unpaired) electrons. The molecule has 0 bridgehead atoms. The molecule has 0 saturated heterocycles. The standard InChI is InChI=1S/C18H17N5O2/c1-12(21-14-7-9-15(10-8-14)23(24)25)17(19)18-20-11-16(22-18)13-5-3-2-4-6-13/h2-11,17,21H,1,19H2,(H,20,22). The van der Waals surface area contributed by atoms with Crippen LogP contribution in [0.3, 0.4) is 0 Å². The van der Waals surface area contributed by atoms with Crippen LogP contribution in [0.15, 0.2) is 73.1 Å². The average Bonchev–Trinajstić information content (AvgIpc) is 3.12. The van der Waals surface area contributed by atoms with E-state index in [0.717, 1.165) is 11.3 Å². The fraction of sp³-hybridized carbons (Fsp3) is 0.0556. The van der Waals surface area contributed by atoms with Crippen LogP contribution in [0.2, 0.25) is 0 Å². The lowest BCUT2D eigenvalue weighted by Crippen LogP contribution is -2.19. The smallest absolute Gasteiger partial charge is 0.269 e. The third-order valence-electron chi connectivity index (χ3n) is 3.73. The maximum absolute atomic E-state index is 10.7. The summed E-state index contributed by atoms with van der Waals surface area (Å²) in [7, 11) is 0. The van der Waals surface area contributed by atoms with Crippen LogP contribution in [-0.4, -0.2) is 14.9 Å². The molecule has 1 atom stereocenters. The van der Waals surface area contributed by atoms with Crippen LogP contribution >= 0.6 is 0 Å². The lowest BCUT2D eigenvalue weighted by atomic mass is 10.2. The first-order chi connectivity index (χ1) is 12.0. The normalized spacial score (nSPS) is 11.7. The van der Waals surface area contributed by atoms with Crippen molar-refractivity contribution in [2.45, 2.75) is 6.04 Å². The molecule has 7 heteroatoms. The molecule has 0 spiro atoms. The highest BCUT2D eigenvalue weighted by Crippen LogP contribution is 2.23. The van der Waals surface area contributed by atoms with Gasteiger partial charge in [0.1, 0.15) is 11.9 Å². The van der Waals surface area contributed by atoms with E-state index < -0.39 is 11.0 Å². The second kappa shape index (κ2) is 6.98. The van der Waals surface area contributed by atoms with E-state index in [4.69, 9.17) is 5.73 Å². The number of rotatable bonds is 6. The topological polar surface area (TPSA) is 110 Å². The maximum Gasteiger partial charge on any atom is 0.269 e. The zero-order valence-corrected chi connectivity index (χ0v) is 13.3. The molecule has 3 aromatic rings. The van der Waals surface area contributed by atoms with E-state index in [2.05, 4.69) is 21.9 Å². The Balaban J connectivity index is 1.70. The van der Waals surface area contributed by atoms with E-state index in [9.17, 15) is 10.1 Å². The summed E-state index contributed by atoms with van der Waals surface area (Å²) in [5.41, 5.74) is 9.30. The first-order valence-corrected chi connectivity index (χ1v) is 7.61. The van der Waals surface area contributed by atoms with Crippen LogP contribution in [0, 0.1) is 10.1 Å². The Labute approximate surface area is 144 Å². The maximum atomic E-state index is 10.7. The van der Waals surface area contributed by atoms with Crippen molar-refractivity contribution >= 4 is 11.4 Å². The summed E-state index contributed by atoms with van der Waals surface area (Å²) >= 11 is 0. The minimum Gasteiger partial charge on any atom is -0.358 e. The summed E-state index contributed by atoms with van der Waals surface area (Å²) in [6, 6.07) is 15.3. The highest BCUT2D eigenvalue weighted by Gasteiger charge is 2.15. The number of H-pyrrole nitrogens is 1. The Bertz CT molecular complexity index is 887. The van der Waals surface area contributed by atoms with Gasteiger partial charge in [-0.1, -0.05) is 36.9 Å². The molecule has 1 unspecified atom stereocenters. The molecule has 25 heavy (non-hydrogen) atoms. The number of nitro groups is 1. The van der Waals surface area contributed by atoms with E-state index in [-0.39, 0.29) is 5.69 Å². The number of hydrogen-bond acceptors (Lipinski definition) is 5. The first-order valence-electron chi connectivity index (χ1n) is 7.61. The lowest BCUT2D eigenvalue weighted by molar-refractivity contribution is -0.384. The molecule has 4 N–H and O–H groups in total. The van der Waals surface area contributed by atoms with E-state index in [1.54, 1.807) is 18.3 Å². The van der Waals surface area contributed by atoms with Crippen molar-refractivity contribution in [3.63, 3.8) is 0 Å². The number of nitrogens with two attached hydrogens (primary N) is 1. The van der Waals surface area contributed by atoms with Gasteiger partial charge in [0.05, 0.1) is 16.8 Å². The van der Waals surface area contributed by atoms with Crippen molar-refractivity contribution in [3.05, 3.63) is 89.0 Å². The minimum absolute atomic E-state index is 0.0269. The molecular formula is C18H17N5O2. The van der Waals surface area contributed by atoms with Gasteiger partial charge in [0, 0.05) is 23.5 Å². The van der Waals surface area contributed by atoms with Gasteiger partial charge in [-0.25, -0.2) is 4.98 Å².